The number of carbonyl (C=O) groups is 1. The van der Waals surface area contributed by atoms with Gasteiger partial charge in [-0.2, -0.15) is 0 Å². The topological polar surface area (TPSA) is 46.5 Å². The Balaban J connectivity index is 2.92. The number of halogens is 2. The fourth-order valence-electron chi connectivity index (χ4n) is 1.32. The van der Waals surface area contributed by atoms with Crippen molar-refractivity contribution >= 4 is 37.8 Å². The van der Waals surface area contributed by atoms with Gasteiger partial charge in [0, 0.05) is 0 Å². The summed E-state index contributed by atoms with van der Waals surface area (Å²) in [7, 11) is 1.37. The van der Waals surface area contributed by atoms with Gasteiger partial charge >= 0.3 is 5.97 Å². The highest BCUT2D eigenvalue weighted by atomic mass is 79.9. The molecule has 1 unspecified atom stereocenters. The smallest absolute Gasteiger partial charge is 0.306 e. The maximum absolute atomic E-state index is 11.1. The van der Waals surface area contributed by atoms with E-state index in [9.17, 15) is 9.90 Å². The van der Waals surface area contributed by atoms with Crippen LogP contribution in [0.25, 0.3) is 0 Å². The van der Waals surface area contributed by atoms with Crippen molar-refractivity contribution < 1.29 is 14.6 Å². The Morgan fingerprint density at radius 2 is 1.94 bits per heavy atom. The molecule has 16 heavy (non-hydrogen) atoms. The average molecular weight is 352 g/mol. The van der Waals surface area contributed by atoms with Crippen LogP contribution in [-0.2, 0) is 9.53 Å². The lowest BCUT2D eigenvalue weighted by atomic mass is 9.98. The molecule has 0 aliphatic carbocycles. The molecule has 1 aromatic carbocycles. The number of hydrogen-bond donors (Lipinski definition) is 1. The number of benzene rings is 1. The summed E-state index contributed by atoms with van der Waals surface area (Å²) in [6.07, 6.45) is 0.320. The minimum absolute atomic E-state index is 0.0423. The lowest BCUT2D eigenvalue weighted by Crippen LogP contribution is -2.06. The van der Waals surface area contributed by atoms with E-state index >= 15 is 0 Å². The summed E-state index contributed by atoms with van der Waals surface area (Å²) in [5, 5.41) is 9.56. The first-order valence-electron chi connectivity index (χ1n) is 4.70. The predicted octanol–water partition coefficient (Wildman–Crippen LogP) is 3.58. The summed E-state index contributed by atoms with van der Waals surface area (Å²) in [4.78, 5) is 11.1. The zero-order valence-corrected chi connectivity index (χ0v) is 12.1. The highest BCUT2D eigenvalue weighted by Gasteiger charge is 2.14. The van der Waals surface area contributed by atoms with E-state index in [1.165, 1.54) is 7.11 Å². The van der Waals surface area contributed by atoms with Gasteiger partial charge in [0.25, 0.3) is 0 Å². The van der Waals surface area contributed by atoms with Crippen LogP contribution in [0.5, 0.6) is 5.75 Å². The first kappa shape index (κ1) is 13.5. The highest BCUT2D eigenvalue weighted by molar-refractivity contribution is 9.11. The summed E-state index contributed by atoms with van der Waals surface area (Å²) >= 11 is 6.50. The third-order valence-electron chi connectivity index (χ3n) is 2.31. The summed E-state index contributed by atoms with van der Waals surface area (Å²) in [6.45, 7) is 1.93. The Kier molecular flexibility index (Phi) is 4.80. The van der Waals surface area contributed by atoms with Gasteiger partial charge < -0.3 is 9.84 Å². The monoisotopic (exact) mass is 350 g/mol. The van der Waals surface area contributed by atoms with Gasteiger partial charge in [-0.15, -0.1) is 0 Å². The number of ether oxygens (including phenoxy) is 1. The van der Waals surface area contributed by atoms with Crippen molar-refractivity contribution in [3.8, 4) is 5.75 Å². The van der Waals surface area contributed by atoms with Crippen LogP contribution >= 0.6 is 31.9 Å². The zero-order valence-electron chi connectivity index (χ0n) is 8.96. The van der Waals surface area contributed by atoms with Crippen LogP contribution in [0.3, 0.4) is 0 Å². The van der Waals surface area contributed by atoms with Crippen molar-refractivity contribution in [1.29, 1.82) is 0 Å². The highest BCUT2D eigenvalue weighted by Crippen LogP contribution is 2.36. The van der Waals surface area contributed by atoms with Crippen LogP contribution in [0.15, 0.2) is 21.1 Å². The van der Waals surface area contributed by atoms with Gasteiger partial charge in [0.15, 0.2) is 0 Å². The largest absolute Gasteiger partial charge is 0.506 e. The molecule has 0 saturated heterocycles. The molecule has 1 rings (SSSR count). The summed E-state index contributed by atoms with van der Waals surface area (Å²) < 4.78 is 5.83. The summed E-state index contributed by atoms with van der Waals surface area (Å²) in [5.41, 5.74) is 0.960. The Bertz CT molecular complexity index is 381. The van der Waals surface area contributed by atoms with Gasteiger partial charge in [0.1, 0.15) is 5.75 Å². The molecule has 5 heteroatoms. The van der Waals surface area contributed by atoms with E-state index in [1.54, 1.807) is 12.1 Å². The molecule has 0 bridgehead atoms. The van der Waals surface area contributed by atoms with E-state index in [-0.39, 0.29) is 17.6 Å². The van der Waals surface area contributed by atoms with Crippen molar-refractivity contribution in [2.24, 2.45) is 0 Å². The Hall–Kier alpha value is -0.550. The minimum atomic E-state index is -0.243. The van der Waals surface area contributed by atoms with Gasteiger partial charge in [0.05, 0.1) is 22.5 Å². The van der Waals surface area contributed by atoms with Gasteiger partial charge in [-0.1, -0.05) is 6.92 Å². The van der Waals surface area contributed by atoms with Crippen molar-refractivity contribution in [2.45, 2.75) is 19.3 Å². The summed E-state index contributed by atoms with van der Waals surface area (Å²) in [6, 6.07) is 3.60. The summed E-state index contributed by atoms with van der Waals surface area (Å²) in [5.74, 6) is -0.0394. The van der Waals surface area contributed by atoms with Gasteiger partial charge in [-0.05, 0) is 55.5 Å². The number of esters is 1. The fraction of sp³-hybridized carbons (Fsp3) is 0.364. The van der Waals surface area contributed by atoms with E-state index in [4.69, 9.17) is 0 Å². The maximum atomic E-state index is 11.1. The molecular formula is C11H12Br2O3. The number of methoxy groups -OCH3 is 1. The molecule has 0 radical (unpaired) electrons. The maximum Gasteiger partial charge on any atom is 0.306 e. The molecule has 1 aromatic rings. The van der Waals surface area contributed by atoms with Gasteiger partial charge in [-0.25, -0.2) is 0 Å². The van der Waals surface area contributed by atoms with E-state index in [2.05, 4.69) is 36.6 Å². The van der Waals surface area contributed by atoms with E-state index in [0.29, 0.717) is 15.4 Å². The standard InChI is InChI=1S/C11H12Br2O3/c1-6(3-10(14)16-2)7-4-8(12)11(15)9(13)5-7/h4-6,15H,3H2,1-2H3. The second kappa shape index (κ2) is 5.68. The number of phenols is 1. The predicted molar refractivity (Wildman–Crippen MR) is 68.6 cm³/mol. The van der Waals surface area contributed by atoms with E-state index in [0.717, 1.165) is 5.56 Å². The molecule has 0 spiro atoms. The lowest BCUT2D eigenvalue weighted by Gasteiger charge is -2.12. The van der Waals surface area contributed by atoms with Gasteiger partial charge in [0.2, 0.25) is 0 Å². The molecule has 1 atom stereocenters. The number of aromatic hydroxyl groups is 1. The van der Waals surface area contributed by atoms with Crippen LogP contribution in [0, 0.1) is 0 Å². The molecule has 0 aliphatic heterocycles. The third kappa shape index (κ3) is 3.22. The fourth-order valence-corrected chi connectivity index (χ4v) is 2.54. The number of rotatable bonds is 3. The second-order valence-corrected chi connectivity index (χ2v) is 5.22. The van der Waals surface area contributed by atoms with Gasteiger partial charge in [-0.3, -0.25) is 4.79 Å². The normalized spacial score (nSPS) is 12.2. The molecule has 0 saturated carbocycles. The van der Waals surface area contributed by atoms with E-state index in [1.807, 2.05) is 6.92 Å². The van der Waals surface area contributed by atoms with Crippen LogP contribution in [0.2, 0.25) is 0 Å². The first-order valence-corrected chi connectivity index (χ1v) is 6.29. The molecule has 1 N–H and O–H groups in total. The van der Waals surface area contributed by atoms with Crippen LogP contribution in [-0.4, -0.2) is 18.2 Å². The van der Waals surface area contributed by atoms with E-state index < -0.39 is 0 Å². The number of carbonyl (C=O) groups excluding carboxylic acids is 1. The molecule has 88 valence electrons. The molecular weight excluding hydrogens is 340 g/mol. The molecule has 3 nitrogen and oxygen atoms in total. The molecule has 0 heterocycles. The van der Waals surface area contributed by atoms with Crippen molar-refractivity contribution in [1.82, 2.24) is 0 Å². The van der Waals surface area contributed by atoms with Crippen LogP contribution < -0.4 is 0 Å². The van der Waals surface area contributed by atoms with Crippen LogP contribution in [0.1, 0.15) is 24.8 Å². The zero-order chi connectivity index (χ0) is 12.3. The third-order valence-corrected chi connectivity index (χ3v) is 3.52. The SMILES string of the molecule is COC(=O)CC(C)c1cc(Br)c(O)c(Br)c1. The number of phenolic OH excluding ortho intramolecular Hbond substituents is 1. The van der Waals surface area contributed by atoms with Crippen molar-refractivity contribution in [2.75, 3.05) is 7.11 Å². The lowest BCUT2D eigenvalue weighted by molar-refractivity contribution is -0.140. The Morgan fingerprint density at radius 1 is 1.44 bits per heavy atom. The quantitative estimate of drug-likeness (QED) is 0.846. The molecule has 0 aliphatic rings. The van der Waals surface area contributed by atoms with Crippen LogP contribution in [0.4, 0.5) is 0 Å². The Labute approximate surface area is 111 Å². The Morgan fingerprint density at radius 3 is 2.38 bits per heavy atom. The minimum Gasteiger partial charge on any atom is -0.506 e. The second-order valence-electron chi connectivity index (χ2n) is 3.51. The first-order chi connectivity index (χ1) is 7.45. The van der Waals surface area contributed by atoms with Crippen molar-refractivity contribution in [3.05, 3.63) is 26.6 Å². The molecule has 0 aromatic heterocycles. The molecule has 0 fully saturated rings. The molecule has 0 amide bonds. The number of hydrogen-bond acceptors (Lipinski definition) is 3. The average Bonchev–Trinajstić information content (AvgIpc) is 2.24. The van der Waals surface area contributed by atoms with Crippen molar-refractivity contribution in [3.63, 3.8) is 0 Å².